The number of benzene rings is 1. The predicted octanol–water partition coefficient (Wildman–Crippen LogP) is 0.643. The first-order chi connectivity index (χ1) is 18.3. The van der Waals surface area contributed by atoms with Crippen LogP contribution >= 0.6 is 0 Å². The van der Waals surface area contributed by atoms with Gasteiger partial charge in [-0.3, -0.25) is 19.4 Å². The summed E-state index contributed by atoms with van der Waals surface area (Å²) >= 11 is 0. The van der Waals surface area contributed by atoms with Gasteiger partial charge in [0.1, 0.15) is 22.8 Å². The monoisotopic (exact) mass is 539 g/mol. The lowest BCUT2D eigenvalue weighted by Gasteiger charge is -2.54. The van der Waals surface area contributed by atoms with E-state index in [1.807, 2.05) is 18.7 Å². The molecule has 210 valence electrons. The lowest BCUT2D eigenvalue weighted by atomic mass is 9.51. The van der Waals surface area contributed by atoms with Crippen molar-refractivity contribution in [3.63, 3.8) is 0 Å². The molecule has 1 amide bonds. The Hall–Kier alpha value is -3.25. The molecule has 1 aliphatic heterocycles. The van der Waals surface area contributed by atoms with Crippen molar-refractivity contribution in [1.82, 2.24) is 20.4 Å². The van der Waals surface area contributed by atoms with Gasteiger partial charge in [-0.25, -0.2) is 0 Å². The van der Waals surface area contributed by atoms with E-state index in [0.29, 0.717) is 18.7 Å². The first-order valence-electron chi connectivity index (χ1n) is 13.3. The molecule has 1 aromatic carbocycles. The fourth-order valence-corrected chi connectivity index (χ4v) is 6.94. The van der Waals surface area contributed by atoms with Crippen LogP contribution in [0.15, 0.2) is 35.1 Å². The van der Waals surface area contributed by atoms with Gasteiger partial charge in [0.05, 0.1) is 24.0 Å². The number of aliphatic hydroxyl groups excluding tert-OH is 2. The Labute approximate surface area is 227 Å². The average molecular weight is 540 g/mol. The second-order valence-electron chi connectivity index (χ2n) is 11.7. The number of likely N-dealkylation sites (N-methyl/N-ethyl adjacent to an activating group) is 1. The number of nitrogens with one attached hydrogen (secondary N) is 3. The number of phenolic OH excluding ortho intramolecular Hbond substituents is 1. The van der Waals surface area contributed by atoms with Crippen molar-refractivity contribution in [2.45, 2.75) is 37.3 Å². The van der Waals surface area contributed by atoms with Gasteiger partial charge in [0.15, 0.2) is 5.60 Å². The van der Waals surface area contributed by atoms with E-state index in [9.17, 15) is 30.0 Å². The summed E-state index contributed by atoms with van der Waals surface area (Å²) in [6, 6.07) is 3.95. The fraction of sp³-hybridized carbons (Fsp3) is 0.536. The van der Waals surface area contributed by atoms with E-state index < -0.39 is 57.6 Å². The molecule has 0 radical (unpaired) electrons. The summed E-state index contributed by atoms with van der Waals surface area (Å²) < 4.78 is 0. The van der Waals surface area contributed by atoms with E-state index in [0.717, 1.165) is 13.1 Å². The van der Waals surface area contributed by atoms with E-state index in [2.05, 4.69) is 10.6 Å². The van der Waals surface area contributed by atoms with Gasteiger partial charge < -0.3 is 36.5 Å². The molecule has 2 unspecified atom stereocenters. The number of Topliss-reactive ketones (excluding diaryl/α,β-unsaturated/α-hetero) is 1. The minimum Gasteiger partial charge on any atom is -0.510 e. The third-order valence-electron chi connectivity index (χ3n) is 9.07. The lowest BCUT2D eigenvalue weighted by molar-refractivity contribution is -0.140. The Morgan fingerprint density at radius 1 is 1.21 bits per heavy atom. The summed E-state index contributed by atoms with van der Waals surface area (Å²) in [5.74, 6) is -4.17. The number of piperazine rings is 1. The molecule has 0 bridgehead atoms. The summed E-state index contributed by atoms with van der Waals surface area (Å²) in [4.78, 5) is 31.2. The van der Waals surface area contributed by atoms with Crippen molar-refractivity contribution in [2.75, 3.05) is 46.9 Å². The SMILES string of the molecule is CN(C)C1C(O)=C(C(=O)NCN2CCNCC2)C(=N)[C@@]2(O)C(=O)C3=C(O)c4c(O)cccc4C(C)(C)C3C[C@@H]12. The Morgan fingerprint density at radius 2 is 1.87 bits per heavy atom. The second kappa shape index (κ2) is 9.44. The van der Waals surface area contributed by atoms with Crippen LogP contribution in [0.1, 0.15) is 31.4 Å². The maximum Gasteiger partial charge on any atom is 0.257 e. The molecule has 0 aromatic heterocycles. The van der Waals surface area contributed by atoms with Crippen molar-refractivity contribution in [2.24, 2.45) is 11.8 Å². The Kier molecular flexibility index (Phi) is 6.61. The number of fused-ring (bicyclic) bond motifs is 3. The Morgan fingerprint density at radius 3 is 2.51 bits per heavy atom. The number of carbonyl (C=O) groups is 2. The molecule has 2 fully saturated rings. The molecule has 5 rings (SSSR count). The van der Waals surface area contributed by atoms with E-state index in [4.69, 9.17) is 5.41 Å². The van der Waals surface area contributed by atoms with Gasteiger partial charge in [-0.05, 0) is 37.6 Å². The molecule has 1 saturated carbocycles. The highest BCUT2D eigenvalue weighted by molar-refractivity contribution is 6.34. The molecule has 7 N–H and O–H groups in total. The molecule has 3 aliphatic carbocycles. The predicted molar refractivity (Wildman–Crippen MR) is 145 cm³/mol. The van der Waals surface area contributed by atoms with Gasteiger partial charge >= 0.3 is 0 Å². The molecule has 1 saturated heterocycles. The first-order valence-corrected chi connectivity index (χ1v) is 13.3. The van der Waals surface area contributed by atoms with Gasteiger partial charge in [-0.15, -0.1) is 0 Å². The van der Waals surface area contributed by atoms with E-state index in [1.165, 1.54) is 6.07 Å². The van der Waals surface area contributed by atoms with Crippen LogP contribution in [-0.4, -0.2) is 106 Å². The molecule has 1 heterocycles. The fourth-order valence-electron chi connectivity index (χ4n) is 6.94. The van der Waals surface area contributed by atoms with Gasteiger partial charge in [-0.2, -0.15) is 0 Å². The van der Waals surface area contributed by atoms with Crippen LogP contribution in [0.5, 0.6) is 5.75 Å². The van der Waals surface area contributed by atoms with Crippen LogP contribution in [0, 0.1) is 17.2 Å². The van der Waals surface area contributed by atoms with Gasteiger partial charge in [0.25, 0.3) is 5.91 Å². The number of nitrogens with zero attached hydrogens (tertiary/aromatic N) is 2. The normalized spacial score (nSPS) is 30.7. The molecule has 4 aliphatic rings. The van der Waals surface area contributed by atoms with Crippen molar-refractivity contribution in [1.29, 1.82) is 5.41 Å². The summed E-state index contributed by atoms with van der Waals surface area (Å²) in [6.45, 7) is 6.97. The molecule has 39 heavy (non-hydrogen) atoms. The Balaban J connectivity index is 1.60. The van der Waals surface area contributed by atoms with Crippen molar-refractivity contribution in [3.05, 3.63) is 46.2 Å². The van der Waals surface area contributed by atoms with Crippen LogP contribution in [0.4, 0.5) is 0 Å². The highest BCUT2D eigenvalue weighted by Crippen LogP contribution is 2.57. The number of aliphatic hydroxyl groups is 3. The van der Waals surface area contributed by atoms with Gasteiger partial charge in [-0.1, -0.05) is 26.0 Å². The summed E-state index contributed by atoms with van der Waals surface area (Å²) in [7, 11) is 3.36. The zero-order valence-corrected chi connectivity index (χ0v) is 22.7. The van der Waals surface area contributed by atoms with Gasteiger partial charge in [0.2, 0.25) is 5.78 Å². The van der Waals surface area contributed by atoms with Crippen LogP contribution < -0.4 is 10.6 Å². The van der Waals surface area contributed by atoms with Crippen LogP contribution in [-0.2, 0) is 15.0 Å². The van der Waals surface area contributed by atoms with Crippen molar-refractivity contribution in [3.8, 4) is 5.75 Å². The topological polar surface area (TPSA) is 169 Å². The summed E-state index contributed by atoms with van der Waals surface area (Å²) in [6.07, 6.45) is 0.148. The van der Waals surface area contributed by atoms with Crippen LogP contribution in [0.3, 0.4) is 0 Å². The quantitative estimate of drug-likeness (QED) is 0.290. The standard InChI is InChI=1S/C28H37N5O6/c1-27(2)14-6-5-7-17(34)18(14)22(35)19-15(27)12-16-21(32(3)4)23(36)20(24(29)28(16,39)25(19)37)26(38)31-13-33-10-8-30-9-11-33/h5-7,15-16,21,29-30,34-36,39H,8-13H2,1-4H3,(H,31,38)/t15?,16-,21?,28+/m0/s1. The Bertz CT molecular complexity index is 1310. The number of rotatable bonds is 4. The number of ketones is 1. The van der Waals surface area contributed by atoms with E-state index in [1.54, 1.807) is 31.1 Å². The maximum atomic E-state index is 14.2. The summed E-state index contributed by atoms with van der Waals surface area (Å²) in [5.41, 5.74) is -3.61. The molecule has 1 aromatic rings. The third-order valence-corrected chi connectivity index (χ3v) is 9.07. The number of carbonyl (C=O) groups excluding carboxylic acids is 2. The minimum absolute atomic E-state index is 0.0722. The first kappa shape index (κ1) is 27.3. The highest BCUT2D eigenvalue weighted by atomic mass is 16.3. The molecule has 0 spiro atoms. The zero-order chi connectivity index (χ0) is 28.4. The van der Waals surface area contributed by atoms with Crippen molar-refractivity contribution >= 4 is 23.2 Å². The minimum atomic E-state index is -2.47. The molecular weight excluding hydrogens is 502 g/mol. The maximum absolute atomic E-state index is 14.2. The van der Waals surface area contributed by atoms with Crippen LogP contribution in [0.25, 0.3) is 5.76 Å². The highest BCUT2D eigenvalue weighted by Gasteiger charge is 2.65. The molecular formula is C28H37N5O6. The average Bonchev–Trinajstić information content (AvgIpc) is 2.88. The summed E-state index contributed by atoms with van der Waals surface area (Å²) in [5, 5.41) is 60.3. The molecule has 11 heteroatoms. The number of phenols is 1. The smallest absolute Gasteiger partial charge is 0.257 e. The molecule has 4 atom stereocenters. The van der Waals surface area contributed by atoms with Crippen LogP contribution in [0.2, 0.25) is 0 Å². The van der Waals surface area contributed by atoms with E-state index in [-0.39, 0.29) is 35.7 Å². The molecule has 11 nitrogen and oxygen atoms in total. The number of amides is 1. The zero-order valence-electron chi connectivity index (χ0n) is 22.7. The largest absolute Gasteiger partial charge is 0.510 e. The number of hydrogen-bond donors (Lipinski definition) is 7. The third kappa shape index (κ3) is 3.90. The number of aromatic hydroxyl groups is 1. The van der Waals surface area contributed by atoms with Crippen molar-refractivity contribution < 1.29 is 30.0 Å². The van der Waals surface area contributed by atoms with Gasteiger partial charge in [0, 0.05) is 43.6 Å². The lowest BCUT2D eigenvalue weighted by Crippen LogP contribution is -2.68. The van der Waals surface area contributed by atoms with E-state index >= 15 is 0 Å². The number of hydrogen-bond acceptors (Lipinski definition) is 10. The second-order valence-corrected chi connectivity index (χ2v) is 11.7.